The summed E-state index contributed by atoms with van der Waals surface area (Å²) in [6.45, 7) is 2.92. The fourth-order valence-electron chi connectivity index (χ4n) is 2.31. The van der Waals surface area contributed by atoms with E-state index in [9.17, 15) is 0 Å². The molecule has 1 N–H and O–H groups in total. The van der Waals surface area contributed by atoms with Crippen LogP contribution in [0.3, 0.4) is 0 Å². The molecule has 0 saturated carbocycles. The highest BCUT2D eigenvalue weighted by Crippen LogP contribution is 2.39. The summed E-state index contributed by atoms with van der Waals surface area (Å²) in [5, 5.41) is 5.13. The fourth-order valence-corrected chi connectivity index (χ4v) is 5.43. The van der Waals surface area contributed by atoms with Crippen molar-refractivity contribution in [1.29, 1.82) is 0 Å². The molecule has 1 unspecified atom stereocenters. The van der Waals surface area contributed by atoms with E-state index in [1.54, 1.807) is 11.3 Å². The van der Waals surface area contributed by atoms with Gasteiger partial charge in [-0.3, -0.25) is 0 Å². The normalized spacial score (nSPS) is 13.0. The number of thiophene rings is 1. The van der Waals surface area contributed by atoms with Crippen molar-refractivity contribution >= 4 is 65.8 Å². The monoisotopic (exact) mass is 447 g/mol. The van der Waals surface area contributed by atoms with Crippen LogP contribution in [0.5, 0.6) is 0 Å². The lowest BCUT2D eigenvalue weighted by molar-refractivity contribution is 0.477. The molecule has 6 heteroatoms. The fraction of sp³-hybridized carbons (Fsp3) is 0.200. The zero-order valence-corrected chi connectivity index (χ0v) is 15.9. The molecule has 1 atom stereocenters. The molecule has 0 bridgehead atoms. The molecule has 110 valence electrons. The zero-order chi connectivity index (χ0) is 15.0. The van der Waals surface area contributed by atoms with E-state index in [1.807, 2.05) is 24.3 Å². The summed E-state index contributed by atoms with van der Waals surface area (Å²) in [6, 6.07) is 9.94. The van der Waals surface area contributed by atoms with E-state index in [4.69, 9.17) is 16.0 Å². The molecule has 0 saturated heterocycles. The standard InChI is InChI=1S/C15H12Br2ClNOS/c1-2-19-13(9-7-12(16)21-15(9)17)11-6-8-4-3-5-10(18)14(8)20-11/h3-7,13,19H,2H2,1H3. The molecule has 2 aromatic heterocycles. The maximum Gasteiger partial charge on any atom is 0.152 e. The molecule has 3 rings (SSSR count). The molecule has 0 amide bonds. The maximum atomic E-state index is 6.20. The molecular weight excluding hydrogens is 437 g/mol. The number of hydrogen-bond acceptors (Lipinski definition) is 3. The third kappa shape index (κ3) is 3.08. The van der Waals surface area contributed by atoms with Crippen LogP contribution in [-0.2, 0) is 0 Å². The van der Waals surface area contributed by atoms with Crippen molar-refractivity contribution in [2.45, 2.75) is 13.0 Å². The van der Waals surface area contributed by atoms with E-state index in [0.717, 1.165) is 36.4 Å². The Hall–Kier alpha value is -0.330. The number of hydrogen-bond donors (Lipinski definition) is 1. The molecule has 0 aliphatic heterocycles. The zero-order valence-electron chi connectivity index (χ0n) is 11.1. The highest BCUT2D eigenvalue weighted by atomic mass is 79.9. The predicted octanol–water partition coefficient (Wildman–Crippen LogP) is 6.37. The van der Waals surface area contributed by atoms with Crippen LogP contribution >= 0.6 is 54.8 Å². The number of fused-ring (bicyclic) bond motifs is 1. The average Bonchev–Trinajstić information content (AvgIpc) is 3.00. The van der Waals surface area contributed by atoms with Gasteiger partial charge in [-0.05, 0) is 56.6 Å². The van der Waals surface area contributed by atoms with Crippen LogP contribution in [-0.4, -0.2) is 6.54 Å². The number of rotatable bonds is 4. The van der Waals surface area contributed by atoms with Crippen molar-refractivity contribution in [1.82, 2.24) is 5.32 Å². The SMILES string of the molecule is CCNC(c1cc2cccc(Cl)c2o1)c1cc(Br)sc1Br. The van der Waals surface area contributed by atoms with Crippen molar-refractivity contribution in [2.75, 3.05) is 6.54 Å². The Morgan fingerprint density at radius 1 is 1.33 bits per heavy atom. The van der Waals surface area contributed by atoms with Crippen molar-refractivity contribution in [2.24, 2.45) is 0 Å². The minimum Gasteiger partial charge on any atom is -0.457 e. The Morgan fingerprint density at radius 2 is 2.14 bits per heavy atom. The van der Waals surface area contributed by atoms with Gasteiger partial charge < -0.3 is 9.73 Å². The first-order valence-corrected chi connectivity index (χ1v) is 9.24. The van der Waals surface area contributed by atoms with Crippen molar-refractivity contribution in [3.8, 4) is 0 Å². The average molecular weight is 450 g/mol. The second kappa shape index (κ2) is 6.42. The van der Waals surface area contributed by atoms with Crippen LogP contribution in [0.25, 0.3) is 11.0 Å². The molecule has 0 fully saturated rings. The number of benzene rings is 1. The lowest BCUT2D eigenvalue weighted by Gasteiger charge is -2.14. The van der Waals surface area contributed by atoms with E-state index in [2.05, 4.69) is 50.2 Å². The Kier molecular flexibility index (Phi) is 4.76. The molecule has 2 heterocycles. The van der Waals surface area contributed by atoms with Crippen LogP contribution in [0.4, 0.5) is 0 Å². The first-order chi connectivity index (χ1) is 10.1. The van der Waals surface area contributed by atoms with Gasteiger partial charge in [0.15, 0.2) is 5.58 Å². The van der Waals surface area contributed by atoms with Gasteiger partial charge in [0.05, 0.1) is 18.6 Å². The van der Waals surface area contributed by atoms with Gasteiger partial charge in [-0.2, -0.15) is 0 Å². The minimum absolute atomic E-state index is 0.00427. The predicted molar refractivity (Wildman–Crippen MR) is 96.5 cm³/mol. The second-order valence-corrected chi connectivity index (χ2v) is 8.73. The maximum absolute atomic E-state index is 6.20. The highest BCUT2D eigenvalue weighted by Gasteiger charge is 2.22. The van der Waals surface area contributed by atoms with Gasteiger partial charge in [0.1, 0.15) is 5.76 Å². The molecule has 3 aromatic rings. The summed E-state index contributed by atoms with van der Waals surface area (Å²) in [4.78, 5) is 0. The molecule has 0 spiro atoms. The Bertz CT molecular complexity index is 783. The molecule has 0 aliphatic rings. The van der Waals surface area contributed by atoms with Gasteiger partial charge in [0.25, 0.3) is 0 Å². The third-order valence-corrected chi connectivity index (χ3v) is 5.89. The number of furan rings is 1. The number of nitrogens with one attached hydrogen (secondary N) is 1. The van der Waals surface area contributed by atoms with Crippen molar-refractivity contribution < 1.29 is 4.42 Å². The first kappa shape index (κ1) is 15.6. The van der Waals surface area contributed by atoms with Crippen LogP contribution in [0, 0.1) is 0 Å². The number of halogens is 3. The van der Waals surface area contributed by atoms with Gasteiger partial charge >= 0.3 is 0 Å². The Morgan fingerprint density at radius 3 is 2.76 bits per heavy atom. The third-order valence-electron chi connectivity index (χ3n) is 3.20. The summed E-state index contributed by atoms with van der Waals surface area (Å²) in [5.41, 5.74) is 1.89. The van der Waals surface area contributed by atoms with Crippen LogP contribution < -0.4 is 5.32 Å². The molecule has 1 aromatic carbocycles. The highest BCUT2D eigenvalue weighted by molar-refractivity contribution is 9.12. The largest absolute Gasteiger partial charge is 0.457 e. The summed E-state index contributed by atoms with van der Waals surface area (Å²) < 4.78 is 8.18. The Labute approximate surface area is 148 Å². The molecule has 2 nitrogen and oxygen atoms in total. The minimum atomic E-state index is -0.00427. The van der Waals surface area contributed by atoms with E-state index in [-0.39, 0.29) is 6.04 Å². The lowest BCUT2D eigenvalue weighted by Crippen LogP contribution is -2.21. The topological polar surface area (TPSA) is 25.2 Å². The van der Waals surface area contributed by atoms with Crippen LogP contribution in [0.15, 0.2) is 42.3 Å². The van der Waals surface area contributed by atoms with Gasteiger partial charge in [0, 0.05) is 10.9 Å². The molecule has 0 radical (unpaired) electrons. The van der Waals surface area contributed by atoms with Gasteiger partial charge in [-0.25, -0.2) is 0 Å². The molecule has 21 heavy (non-hydrogen) atoms. The first-order valence-electron chi connectivity index (χ1n) is 6.46. The summed E-state index contributed by atoms with van der Waals surface area (Å²) in [5.74, 6) is 0.867. The van der Waals surface area contributed by atoms with Gasteiger partial charge in [-0.1, -0.05) is 30.7 Å². The summed E-state index contributed by atoms with van der Waals surface area (Å²) in [7, 11) is 0. The van der Waals surface area contributed by atoms with E-state index in [1.165, 1.54) is 0 Å². The van der Waals surface area contributed by atoms with Crippen LogP contribution in [0.2, 0.25) is 5.02 Å². The number of para-hydroxylation sites is 1. The van der Waals surface area contributed by atoms with Gasteiger partial charge in [-0.15, -0.1) is 11.3 Å². The van der Waals surface area contributed by atoms with E-state index in [0.29, 0.717) is 5.02 Å². The van der Waals surface area contributed by atoms with Crippen LogP contribution in [0.1, 0.15) is 24.3 Å². The summed E-state index contributed by atoms with van der Waals surface area (Å²) >= 11 is 15.0. The summed E-state index contributed by atoms with van der Waals surface area (Å²) in [6.07, 6.45) is 0. The molecular formula is C15H12Br2ClNOS. The van der Waals surface area contributed by atoms with Crippen molar-refractivity contribution in [3.63, 3.8) is 0 Å². The van der Waals surface area contributed by atoms with E-state index < -0.39 is 0 Å². The van der Waals surface area contributed by atoms with Gasteiger partial charge in [0.2, 0.25) is 0 Å². The van der Waals surface area contributed by atoms with E-state index >= 15 is 0 Å². The van der Waals surface area contributed by atoms with Crippen molar-refractivity contribution in [3.05, 3.63) is 54.3 Å². The molecule has 0 aliphatic carbocycles. The Balaban J connectivity index is 2.11. The quantitative estimate of drug-likeness (QED) is 0.501. The second-order valence-electron chi connectivity index (χ2n) is 4.58. The smallest absolute Gasteiger partial charge is 0.152 e. The lowest BCUT2D eigenvalue weighted by atomic mass is 10.1.